The maximum atomic E-state index is 14.1. The Morgan fingerprint density at radius 3 is 2.31 bits per heavy atom. The van der Waals surface area contributed by atoms with Crippen molar-refractivity contribution < 1.29 is 24.2 Å². The van der Waals surface area contributed by atoms with E-state index in [-0.39, 0.29) is 35.6 Å². The summed E-state index contributed by atoms with van der Waals surface area (Å²) in [6, 6.07) is 4.52. The fraction of sp³-hybridized carbons (Fsp3) is 0.667. The predicted molar refractivity (Wildman–Crippen MR) is 136 cm³/mol. The van der Waals surface area contributed by atoms with Crippen molar-refractivity contribution in [2.45, 2.75) is 110 Å². The van der Waals surface area contributed by atoms with Gasteiger partial charge < -0.3 is 25.4 Å². The Balaban J connectivity index is 2.45. The van der Waals surface area contributed by atoms with Gasteiger partial charge in [0.05, 0.1) is 0 Å². The summed E-state index contributed by atoms with van der Waals surface area (Å²) >= 11 is 0. The van der Waals surface area contributed by atoms with Crippen molar-refractivity contribution in [3.8, 4) is 5.75 Å². The zero-order valence-electron chi connectivity index (χ0n) is 22.3. The highest BCUT2D eigenvalue weighted by molar-refractivity contribution is 5.93. The van der Waals surface area contributed by atoms with Crippen molar-refractivity contribution in [1.29, 1.82) is 0 Å². The average molecular weight is 490 g/mol. The summed E-state index contributed by atoms with van der Waals surface area (Å²) in [4.78, 5) is 41.9. The van der Waals surface area contributed by atoms with Crippen LogP contribution in [0.4, 0.5) is 4.79 Å². The number of carbonyl (C=O) groups excluding carboxylic acids is 3. The number of hydrogen-bond acceptors (Lipinski definition) is 5. The molecule has 0 bridgehead atoms. The molecule has 1 aromatic rings. The van der Waals surface area contributed by atoms with Crippen LogP contribution < -0.4 is 10.6 Å². The van der Waals surface area contributed by atoms with Crippen LogP contribution >= 0.6 is 0 Å². The third-order valence-electron chi connectivity index (χ3n) is 6.17. The maximum absolute atomic E-state index is 14.1. The number of benzene rings is 1. The number of phenolic OH excluding ortho intramolecular Hbond substituents is 1. The zero-order chi connectivity index (χ0) is 26.3. The minimum absolute atomic E-state index is 0.0236. The lowest BCUT2D eigenvalue weighted by Gasteiger charge is -2.36. The number of ether oxygens (including phenoxy) is 1. The molecule has 0 saturated heterocycles. The van der Waals surface area contributed by atoms with E-state index in [0.717, 1.165) is 25.7 Å². The van der Waals surface area contributed by atoms with Gasteiger partial charge in [-0.2, -0.15) is 0 Å². The minimum Gasteiger partial charge on any atom is -0.508 e. The second kappa shape index (κ2) is 12.3. The first kappa shape index (κ1) is 28.5. The number of amides is 3. The van der Waals surface area contributed by atoms with Crippen LogP contribution in [0.2, 0.25) is 0 Å². The molecule has 196 valence electrons. The Labute approximate surface area is 209 Å². The molecule has 35 heavy (non-hydrogen) atoms. The van der Waals surface area contributed by atoms with E-state index in [2.05, 4.69) is 17.6 Å². The van der Waals surface area contributed by atoms with Crippen molar-refractivity contribution >= 4 is 17.9 Å². The van der Waals surface area contributed by atoms with Gasteiger partial charge in [-0.25, -0.2) is 4.79 Å². The summed E-state index contributed by atoms with van der Waals surface area (Å²) in [5.74, 6) is -0.769. The van der Waals surface area contributed by atoms with Gasteiger partial charge in [0.25, 0.3) is 0 Å². The van der Waals surface area contributed by atoms with E-state index in [1.54, 1.807) is 37.8 Å². The van der Waals surface area contributed by atoms with Gasteiger partial charge in [-0.05, 0) is 70.6 Å². The predicted octanol–water partition coefficient (Wildman–Crippen LogP) is 4.67. The normalized spacial score (nSPS) is 17.0. The van der Waals surface area contributed by atoms with Crippen LogP contribution in [-0.2, 0) is 14.3 Å². The lowest BCUT2D eigenvalue weighted by Crippen LogP contribution is -2.56. The number of rotatable bonds is 11. The SMILES string of the molecule is CCCC(C)NC(=O)C(c1cccc(O)c1)N(C(=O)C(NC(=O)OC(C)(C)C)C(C)CC)C1CC1. The van der Waals surface area contributed by atoms with Gasteiger partial charge in [0.15, 0.2) is 0 Å². The topological polar surface area (TPSA) is 108 Å². The molecule has 1 saturated carbocycles. The second-order valence-corrected chi connectivity index (χ2v) is 10.7. The summed E-state index contributed by atoms with van der Waals surface area (Å²) < 4.78 is 5.42. The van der Waals surface area contributed by atoms with Gasteiger partial charge in [-0.3, -0.25) is 9.59 Å². The van der Waals surface area contributed by atoms with E-state index in [1.165, 1.54) is 12.1 Å². The summed E-state index contributed by atoms with van der Waals surface area (Å²) in [6.07, 6.45) is 3.27. The van der Waals surface area contributed by atoms with Crippen molar-refractivity contribution in [2.75, 3.05) is 0 Å². The van der Waals surface area contributed by atoms with Crippen molar-refractivity contribution in [2.24, 2.45) is 5.92 Å². The van der Waals surface area contributed by atoms with Crippen LogP contribution in [-0.4, -0.2) is 51.6 Å². The van der Waals surface area contributed by atoms with E-state index in [4.69, 9.17) is 4.74 Å². The summed E-state index contributed by atoms with van der Waals surface area (Å²) in [5.41, 5.74) is -0.172. The maximum Gasteiger partial charge on any atom is 0.408 e. The fourth-order valence-corrected chi connectivity index (χ4v) is 4.11. The van der Waals surface area contributed by atoms with Crippen LogP contribution in [0.5, 0.6) is 5.75 Å². The number of phenols is 1. The quantitative estimate of drug-likeness (QED) is 0.419. The molecule has 3 amide bonds. The molecule has 0 aromatic heterocycles. The van der Waals surface area contributed by atoms with Gasteiger partial charge >= 0.3 is 6.09 Å². The second-order valence-electron chi connectivity index (χ2n) is 10.7. The molecule has 0 spiro atoms. The van der Waals surface area contributed by atoms with E-state index >= 15 is 0 Å². The zero-order valence-corrected chi connectivity index (χ0v) is 22.3. The molecule has 0 heterocycles. The molecule has 1 aliphatic rings. The van der Waals surface area contributed by atoms with Crippen LogP contribution in [0.1, 0.15) is 92.2 Å². The molecule has 4 unspecified atom stereocenters. The molecular weight excluding hydrogens is 446 g/mol. The number of nitrogens with one attached hydrogen (secondary N) is 2. The molecule has 4 atom stereocenters. The van der Waals surface area contributed by atoms with Gasteiger partial charge in [-0.15, -0.1) is 0 Å². The lowest BCUT2D eigenvalue weighted by molar-refractivity contribution is -0.144. The highest BCUT2D eigenvalue weighted by Crippen LogP contribution is 2.37. The molecule has 0 aliphatic heterocycles. The van der Waals surface area contributed by atoms with Crippen LogP contribution in [0.15, 0.2) is 24.3 Å². The Bertz CT molecular complexity index is 878. The van der Waals surface area contributed by atoms with E-state index in [9.17, 15) is 19.5 Å². The summed E-state index contributed by atoms with van der Waals surface area (Å²) in [6.45, 7) is 13.1. The number of hydrogen-bond donors (Lipinski definition) is 3. The summed E-state index contributed by atoms with van der Waals surface area (Å²) in [5, 5.41) is 16.0. The highest BCUT2D eigenvalue weighted by Gasteiger charge is 2.45. The smallest absolute Gasteiger partial charge is 0.408 e. The van der Waals surface area contributed by atoms with Crippen molar-refractivity contribution in [3.63, 3.8) is 0 Å². The molecule has 2 rings (SSSR count). The minimum atomic E-state index is -0.923. The largest absolute Gasteiger partial charge is 0.508 e. The fourth-order valence-electron chi connectivity index (χ4n) is 4.11. The van der Waals surface area contributed by atoms with Gasteiger partial charge in [0.1, 0.15) is 23.4 Å². The van der Waals surface area contributed by atoms with Crippen LogP contribution in [0.25, 0.3) is 0 Å². The molecular formula is C27H43N3O5. The number of aromatic hydroxyl groups is 1. The number of alkyl carbamates (subject to hydrolysis) is 1. The lowest BCUT2D eigenvalue weighted by atomic mass is 9.95. The van der Waals surface area contributed by atoms with Crippen LogP contribution in [0, 0.1) is 5.92 Å². The van der Waals surface area contributed by atoms with Gasteiger partial charge in [0.2, 0.25) is 11.8 Å². The highest BCUT2D eigenvalue weighted by atomic mass is 16.6. The number of nitrogens with zero attached hydrogens (tertiary/aromatic N) is 1. The molecule has 8 heteroatoms. The van der Waals surface area contributed by atoms with E-state index in [1.807, 2.05) is 20.8 Å². The van der Waals surface area contributed by atoms with Gasteiger partial charge in [-0.1, -0.05) is 45.7 Å². The van der Waals surface area contributed by atoms with Crippen LogP contribution in [0.3, 0.4) is 0 Å². The Morgan fingerprint density at radius 2 is 1.80 bits per heavy atom. The monoisotopic (exact) mass is 489 g/mol. The molecule has 3 N–H and O–H groups in total. The standard InChI is InChI=1S/C27H43N3O5/c1-8-11-18(4)28-24(32)23(19-12-10-13-21(31)16-19)30(20-14-15-20)25(33)22(17(3)9-2)29-26(34)35-27(5,6)7/h10,12-13,16-18,20,22-23,31H,8-9,11,14-15H2,1-7H3,(H,28,32)(H,29,34). The molecule has 8 nitrogen and oxygen atoms in total. The first-order valence-corrected chi connectivity index (χ1v) is 12.8. The van der Waals surface area contributed by atoms with E-state index < -0.39 is 23.8 Å². The molecule has 0 radical (unpaired) electrons. The van der Waals surface area contributed by atoms with E-state index in [0.29, 0.717) is 12.0 Å². The first-order chi connectivity index (χ1) is 16.4. The Kier molecular flexibility index (Phi) is 9.98. The third kappa shape index (κ3) is 8.44. The molecule has 1 aliphatic carbocycles. The first-order valence-electron chi connectivity index (χ1n) is 12.8. The van der Waals surface area contributed by atoms with Gasteiger partial charge in [0, 0.05) is 12.1 Å². The van der Waals surface area contributed by atoms with Crippen molar-refractivity contribution in [1.82, 2.24) is 15.5 Å². The summed E-state index contributed by atoms with van der Waals surface area (Å²) in [7, 11) is 0. The average Bonchev–Trinajstić information content (AvgIpc) is 3.58. The molecule has 1 fully saturated rings. The third-order valence-corrected chi connectivity index (χ3v) is 6.17. The Hall–Kier alpha value is -2.77. The molecule has 1 aromatic carbocycles. The van der Waals surface area contributed by atoms with Crippen molar-refractivity contribution in [3.05, 3.63) is 29.8 Å². The Morgan fingerprint density at radius 1 is 1.14 bits per heavy atom. The number of carbonyl (C=O) groups is 3.